The van der Waals surface area contributed by atoms with E-state index >= 15 is 8.78 Å². The number of hydrogen-bond acceptors (Lipinski definition) is 14. The molecule has 86 heavy (non-hydrogen) atoms. The summed E-state index contributed by atoms with van der Waals surface area (Å²) < 4.78 is 173. The van der Waals surface area contributed by atoms with Crippen LogP contribution in [0.2, 0.25) is 0 Å². The second kappa shape index (κ2) is 25.3. The van der Waals surface area contributed by atoms with Crippen molar-refractivity contribution in [2.45, 2.75) is 91.1 Å². The van der Waals surface area contributed by atoms with E-state index in [1.54, 1.807) is 24.3 Å². The molecule has 2 atom stereocenters. The third kappa shape index (κ3) is 14.7. The molecule has 2 aromatic heterocycles. The molecule has 4 saturated heterocycles. The second-order valence-corrected chi connectivity index (χ2v) is 27.0. The lowest BCUT2D eigenvalue weighted by Gasteiger charge is -2.52. The van der Waals surface area contributed by atoms with E-state index in [0.717, 1.165) is 57.0 Å². The SMILES string of the molecule is CN1CC(CN(C)[C@@]2(CCc3cccc(C(F)(F)F)c3)CCCN(c3ccc(S(=O)(=O)Nc4cc(CN5CC(CN(C)[C@]6(CCc7cccc(C(F)(F)F)c7)CCCN(c7ccc(S(=O)(=O)Nc8ccncn8)c(F)c7)C6)C5)ncn4)c(F)c3)C2)C1. The van der Waals surface area contributed by atoms with Crippen molar-refractivity contribution in [3.05, 3.63) is 155 Å². The summed E-state index contributed by atoms with van der Waals surface area (Å²) in [4.78, 5) is 28.0. The molecule has 4 aromatic carbocycles. The number of aryl methyl sites for hydroxylation is 2. The zero-order valence-electron chi connectivity index (χ0n) is 48.0. The highest BCUT2D eigenvalue weighted by atomic mass is 32.2. The van der Waals surface area contributed by atoms with Gasteiger partial charge in [0, 0.05) is 107 Å². The highest BCUT2D eigenvalue weighted by molar-refractivity contribution is 7.93. The number of sulfonamides is 2. The highest BCUT2D eigenvalue weighted by Crippen LogP contribution is 2.40. The Balaban J connectivity index is 0.778. The number of nitrogens with one attached hydrogen (secondary N) is 2. The van der Waals surface area contributed by atoms with Crippen molar-refractivity contribution >= 4 is 43.1 Å². The van der Waals surface area contributed by atoms with Crippen LogP contribution in [-0.4, -0.2) is 154 Å². The van der Waals surface area contributed by atoms with Crippen LogP contribution in [0.5, 0.6) is 0 Å². The molecule has 16 nitrogen and oxygen atoms in total. The number of likely N-dealkylation sites (N-methyl/N-ethyl adjacent to an activating group) is 2. The van der Waals surface area contributed by atoms with Crippen molar-refractivity contribution in [2.24, 2.45) is 11.8 Å². The summed E-state index contributed by atoms with van der Waals surface area (Å²) in [6, 6.07) is 21.4. The number of hydrogen-bond donors (Lipinski definition) is 2. The van der Waals surface area contributed by atoms with Crippen molar-refractivity contribution in [3.63, 3.8) is 0 Å². The van der Waals surface area contributed by atoms with E-state index < -0.39 is 76.0 Å². The Morgan fingerprint density at radius 3 is 1.56 bits per heavy atom. The number of piperidine rings is 2. The van der Waals surface area contributed by atoms with Crippen LogP contribution >= 0.6 is 0 Å². The summed E-state index contributed by atoms with van der Waals surface area (Å²) in [5, 5.41) is 0. The fourth-order valence-corrected chi connectivity index (χ4v) is 15.1. The van der Waals surface area contributed by atoms with Crippen molar-refractivity contribution in [1.29, 1.82) is 0 Å². The van der Waals surface area contributed by atoms with Gasteiger partial charge in [0.1, 0.15) is 45.7 Å². The van der Waals surface area contributed by atoms with Crippen LogP contribution in [0.4, 0.5) is 58.1 Å². The molecule has 462 valence electrons. The Kier molecular flexibility index (Phi) is 18.3. The zero-order valence-corrected chi connectivity index (χ0v) is 49.6. The Labute approximate surface area is 496 Å². The monoisotopic (exact) mass is 1240 g/mol. The number of rotatable bonds is 22. The number of benzene rings is 4. The first kappa shape index (κ1) is 62.5. The minimum absolute atomic E-state index is 0.0298. The molecule has 0 saturated carbocycles. The smallest absolute Gasteiger partial charge is 0.370 e. The topological polar surface area (TPSA) is 163 Å². The van der Waals surface area contributed by atoms with Gasteiger partial charge < -0.3 is 14.7 Å². The Hall–Kier alpha value is -6.58. The highest BCUT2D eigenvalue weighted by Gasteiger charge is 2.44. The molecule has 4 fully saturated rings. The van der Waals surface area contributed by atoms with Gasteiger partial charge in [-0.05, 0) is 150 Å². The van der Waals surface area contributed by atoms with Crippen LogP contribution in [0.3, 0.4) is 0 Å². The van der Waals surface area contributed by atoms with E-state index in [-0.39, 0.29) is 17.6 Å². The first-order valence-corrected chi connectivity index (χ1v) is 31.6. The summed E-state index contributed by atoms with van der Waals surface area (Å²) >= 11 is 0. The average Bonchev–Trinajstić information content (AvgIpc) is 2.29. The van der Waals surface area contributed by atoms with Crippen molar-refractivity contribution < 1.29 is 52.0 Å². The van der Waals surface area contributed by atoms with E-state index in [1.165, 1.54) is 67.1 Å². The second-order valence-electron chi connectivity index (χ2n) is 23.7. The quantitative estimate of drug-likeness (QED) is 0.0618. The largest absolute Gasteiger partial charge is 0.416 e. The summed E-state index contributed by atoms with van der Waals surface area (Å²) in [5.74, 6) is -1.44. The molecule has 0 spiro atoms. The molecule has 4 aliphatic rings. The van der Waals surface area contributed by atoms with Gasteiger partial charge >= 0.3 is 12.4 Å². The fraction of sp³-hybridized carbons (Fsp3) is 0.467. The van der Waals surface area contributed by atoms with E-state index in [2.05, 4.69) is 63.1 Å². The van der Waals surface area contributed by atoms with Crippen LogP contribution in [-0.2, 0) is 51.8 Å². The van der Waals surface area contributed by atoms with Crippen LogP contribution in [0.1, 0.15) is 66.5 Å². The lowest BCUT2D eigenvalue weighted by atomic mass is 9.81. The maximum atomic E-state index is 16.2. The minimum atomic E-state index is -4.52. The molecule has 0 unspecified atom stereocenters. The molecule has 2 N–H and O–H groups in total. The third-order valence-corrected chi connectivity index (χ3v) is 20.3. The molecule has 6 aromatic rings. The zero-order chi connectivity index (χ0) is 61.2. The van der Waals surface area contributed by atoms with Gasteiger partial charge in [-0.2, -0.15) is 26.3 Å². The first-order valence-electron chi connectivity index (χ1n) is 28.6. The number of likely N-dealkylation sites (tertiary alicyclic amines) is 2. The van der Waals surface area contributed by atoms with Crippen LogP contribution < -0.4 is 19.2 Å². The fourth-order valence-electron chi connectivity index (χ4n) is 13.0. The number of alkyl halides is 6. The van der Waals surface area contributed by atoms with Crippen LogP contribution in [0.25, 0.3) is 0 Å². The van der Waals surface area contributed by atoms with Gasteiger partial charge in [-0.25, -0.2) is 45.6 Å². The van der Waals surface area contributed by atoms with Gasteiger partial charge in [0.2, 0.25) is 0 Å². The Bertz CT molecular complexity index is 3580. The number of anilines is 4. The van der Waals surface area contributed by atoms with E-state index in [9.17, 15) is 43.2 Å². The average molecular weight is 1240 g/mol. The van der Waals surface area contributed by atoms with Gasteiger partial charge in [-0.3, -0.25) is 24.1 Å². The summed E-state index contributed by atoms with van der Waals surface area (Å²) in [5.41, 5.74) is 0.0567. The van der Waals surface area contributed by atoms with E-state index in [0.29, 0.717) is 125 Å². The maximum absolute atomic E-state index is 16.2. The van der Waals surface area contributed by atoms with Gasteiger partial charge in [0.05, 0.1) is 16.8 Å². The normalized spacial score (nSPS) is 20.5. The predicted octanol–water partition coefficient (Wildman–Crippen LogP) is 9.68. The standard InChI is InChI=1S/C60H70F8N12O4S2/c1-75-31-44(32-75)33-76(2)57(21-16-42-8-4-10-46(26-42)59(63,64)65)19-6-24-79(38-57)50-13-15-54(52(62)30-50)86(83,84)74-56-28-48(70-41-72-56)37-78-35-45(36-78)34-77(3)58(22-17-43-9-5-11-47(27-43)60(66,67)68)20-7-25-80(39-58)49-12-14-53(51(61)29-49)85(81,82)73-55-18-23-69-40-71-55/h4-5,8-15,18,23,26-30,40-41,44-45H,6-7,16-17,19-22,24-25,31-39H2,1-3H3,(H,69,71,73)(H,70,72,74)/t57-,58+/m1/s1. The van der Waals surface area contributed by atoms with E-state index in [4.69, 9.17) is 0 Å². The molecule has 6 heterocycles. The number of nitrogens with zero attached hydrogens (tertiary/aromatic N) is 10. The van der Waals surface area contributed by atoms with Crippen molar-refractivity contribution in [1.82, 2.24) is 39.5 Å². The summed E-state index contributed by atoms with van der Waals surface area (Å²) in [6.45, 7) is 6.80. The van der Waals surface area contributed by atoms with Crippen LogP contribution in [0.15, 0.2) is 126 Å². The molecule has 4 aliphatic heterocycles. The van der Waals surface area contributed by atoms with Crippen LogP contribution in [0, 0.1) is 23.5 Å². The Morgan fingerprint density at radius 2 is 1.09 bits per heavy atom. The lowest BCUT2D eigenvalue weighted by Crippen LogP contribution is -2.61. The van der Waals surface area contributed by atoms with Gasteiger partial charge in [0.25, 0.3) is 20.0 Å². The minimum Gasteiger partial charge on any atom is -0.370 e. The molecule has 0 amide bonds. The predicted molar refractivity (Wildman–Crippen MR) is 311 cm³/mol. The third-order valence-electron chi connectivity index (χ3n) is 17.5. The number of halogens is 8. The van der Waals surface area contributed by atoms with E-state index in [1.807, 2.05) is 16.8 Å². The molecule has 0 bridgehead atoms. The molecule has 10 rings (SSSR count). The Morgan fingerprint density at radius 1 is 0.605 bits per heavy atom. The molecular formula is C60H70F8N12O4S2. The van der Waals surface area contributed by atoms with Gasteiger partial charge in [-0.15, -0.1) is 0 Å². The molecule has 0 aliphatic carbocycles. The van der Waals surface area contributed by atoms with Crippen molar-refractivity contribution in [3.8, 4) is 0 Å². The number of aromatic nitrogens is 4. The van der Waals surface area contributed by atoms with Crippen molar-refractivity contribution in [2.75, 3.05) is 106 Å². The maximum Gasteiger partial charge on any atom is 0.416 e. The summed E-state index contributed by atoms with van der Waals surface area (Å²) in [6.07, 6.45) is -0.636. The lowest BCUT2D eigenvalue weighted by molar-refractivity contribution is -0.138. The van der Waals surface area contributed by atoms with Gasteiger partial charge in [0.15, 0.2) is 0 Å². The molecular weight excluding hydrogens is 1170 g/mol. The first-order chi connectivity index (χ1) is 40.7. The summed E-state index contributed by atoms with van der Waals surface area (Å²) in [7, 11) is -2.76. The van der Waals surface area contributed by atoms with Gasteiger partial charge in [-0.1, -0.05) is 36.4 Å². The molecule has 26 heteroatoms. The molecule has 0 radical (unpaired) electrons.